The van der Waals surface area contributed by atoms with Crippen LogP contribution in [0.15, 0.2) is 36.4 Å². The normalized spacial score (nSPS) is 14.4. The molecule has 0 atom stereocenters. The Morgan fingerprint density at radius 1 is 1.11 bits per heavy atom. The number of rotatable bonds is 1. The lowest BCUT2D eigenvalue weighted by molar-refractivity contribution is 0.722. The molecule has 1 aromatic heterocycles. The van der Waals surface area contributed by atoms with E-state index in [1.807, 2.05) is 6.07 Å². The van der Waals surface area contributed by atoms with Gasteiger partial charge in [0.15, 0.2) is 5.82 Å². The van der Waals surface area contributed by atoms with E-state index in [0.29, 0.717) is 10.8 Å². The Labute approximate surface area is 111 Å². The van der Waals surface area contributed by atoms with Gasteiger partial charge in [0.2, 0.25) is 0 Å². The van der Waals surface area contributed by atoms with Crippen molar-refractivity contribution in [2.24, 2.45) is 0 Å². The van der Waals surface area contributed by atoms with Crippen LogP contribution < -0.4 is 10.6 Å². The highest BCUT2D eigenvalue weighted by molar-refractivity contribution is 6.29. The summed E-state index contributed by atoms with van der Waals surface area (Å²) in [6.07, 6.45) is 1.02. The molecule has 2 heterocycles. The Morgan fingerprint density at radius 2 is 1.89 bits per heavy atom. The van der Waals surface area contributed by atoms with E-state index >= 15 is 0 Å². The van der Waals surface area contributed by atoms with E-state index in [-0.39, 0.29) is 0 Å². The first-order valence-corrected chi connectivity index (χ1v) is 6.35. The molecule has 4 heteroatoms. The smallest absolute Gasteiger partial charge is 0.153 e. The molecule has 1 aliphatic rings. The minimum Gasteiger partial charge on any atom is -0.396 e. The number of nitrogens with two attached hydrogens (primary N) is 1. The fourth-order valence-electron chi connectivity index (χ4n) is 2.37. The molecule has 92 valence electrons. The van der Waals surface area contributed by atoms with Crippen LogP contribution in [0.4, 0.5) is 11.5 Å². The van der Waals surface area contributed by atoms with Crippen LogP contribution in [-0.4, -0.2) is 11.5 Å². The first-order chi connectivity index (χ1) is 8.74. The van der Waals surface area contributed by atoms with Gasteiger partial charge in [0.25, 0.3) is 0 Å². The maximum absolute atomic E-state index is 5.98. The molecular formula is C14H14ClN3. The quantitative estimate of drug-likeness (QED) is 0.801. The Balaban J connectivity index is 1.94. The molecule has 0 saturated heterocycles. The van der Waals surface area contributed by atoms with Crippen LogP contribution >= 0.6 is 11.6 Å². The summed E-state index contributed by atoms with van der Waals surface area (Å²) in [6.45, 7) is 1.77. The lowest BCUT2D eigenvalue weighted by atomic mass is 10.00. The number of hydrogen-bond acceptors (Lipinski definition) is 3. The van der Waals surface area contributed by atoms with Crippen molar-refractivity contribution < 1.29 is 0 Å². The van der Waals surface area contributed by atoms with Gasteiger partial charge >= 0.3 is 0 Å². The fraction of sp³-hybridized carbons (Fsp3) is 0.214. The van der Waals surface area contributed by atoms with Gasteiger partial charge in [-0.3, -0.25) is 0 Å². The van der Waals surface area contributed by atoms with Gasteiger partial charge < -0.3 is 10.6 Å². The summed E-state index contributed by atoms with van der Waals surface area (Å²) in [6, 6.07) is 12.0. The SMILES string of the molecule is Nc1ccc(Cl)nc1N1CCc2ccccc2C1. The molecule has 2 aromatic rings. The van der Waals surface area contributed by atoms with Crippen molar-refractivity contribution in [2.45, 2.75) is 13.0 Å². The van der Waals surface area contributed by atoms with Gasteiger partial charge in [-0.15, -0.1) is 0 Å². The van der Waals surface area contributed by atoms with Gasteiger partial charge in [-0.2, -0.15) is 0 Å². The van der Waals surface area contributed by atoms with E-state index in [0.717, 1.165) is 25.3 Å². The zero-order chi connectivity index (χ0) is 12.5. The van der Waals surface area contributed by atoms with E-state index < -0.39 is 0 Å². The molecule has 0 bridgehead atoms. The molecule has 0 radical (unpaired) electrons. The van der Waals surface area contributed by atoms with Crippen molar-refractivity contribution in [3.63, 3.8) is 0 Å². The van der Waals surface area contributed by atoms with Crippen LogP contribution in [0.2, 0.25) is 5.15 Å². The zero-order valence-corrected chi connectivity index (χ0v) is 10.7. The Bertz CT molecular complexity index is 583. The largest absolute Gasteiger partial charge is 0.396 e. The van der Waals surface area contributed by atoms with Crippen molar-refractivity contribution in [3.8, 4) is 0 Å². The molecular weight excluding hydrogens is 246 g/mol. The van der Waals surface area contributed by atoms with Crippen LogP contribution in [0.3, 0.4) is 0 Å². The van der Waals surface area contributed by atoms with Gasteiger partial charge in [0.1, 0.15) is 5.15 Å². The number of fused-ring (bicyclic) bond motifs is 1. The number of nitrogen functional groups attached to an aromatic ring is 1. The second-order valence-electron chi connectivity index (χ2n) is 4.49. The van der Waals surface area contributed by atoms with Crippen LogP contribution in [0.1, 0.15) is 11.1 Å². The number of aromatic nitrogens is 1. The van der Waals surface area contributed by atoms with Crippen molar-refractivity contribution in [1.29, 1.82) is 0 Å². The fourth-order valence-corrected chi connectivity index (χ4v) is 2.51. The number of benzene rings is 1. The van der Waals surface area contributed by atoms with Crippen LogP contribution in [-0.2, 0) is 13.0 Å². The second-order valence-corrected chi connectivity index (χ2v) is 4.87. The molecule has 3 rings (SSSR count). The Morgan fingerprint density at radius 3 is 2.72 bits per heavy atom. The third-order valence-corrected chi connectivity index (χ3v) is 3.51. The topological polar surface area (TPSA) is 42.1 Å². The Hall–Kier alpha value is -1.74. The van der Waals surface area contributed by atoms with Gasteiger partial charge in [-0.1, -0.05) is 35.9 Å². The molecule has 0 unspecified atom stereocenters. The van der Waals surface area contributed by atoms with E-state index in [4.69, 9.17) is 17.3 Å². The Kier molecular flexibility index (Phi) is 2.84. The average Bonchev–Trinajstić information content (AvgIpc) is 2.41. The van der Waals surface area contributed by atoms with Crippen LogP contribution in [0.5, 0.6) is 0 Å². The highest BCUT2D eigenvalue weighted by Gasteiger charge is 2.18. The third kappa shape index (κ3) is 2.02. The lowest BCUT2D eigenvalue weighted by Crippen LogP contribution is -2.31. The second kappa shape index (κ2) is 4.50. The summed E-state index contributed by atoms with van der Waals surface area (Å²) < 4.78 is 0. The molecule has 0 aliphatic carbocycles. The van der Waals surface area contributed by atoms with Crippen molar-refractivity contribution in [1.82, 2.24) is 4.98 Å². The predicted octanol–water partition coefficient (Wildman–Crippen LogP) is 2.88. The minimum atomic E-state index is 0.484. The molecule has 1 aromatic carbocycles. The number of halogens is 1. The maximum atomic E-state index is 5.98. The average molecular weight is 260 g/mol. The molecule has 18 heavy (non-hydrogen) atoms. The monoisotopic (exact) mass is 259 g/mol. The summed E-state index contributed by atoms with van der Waals surface area (Å²) in [5, 5.41) is 0.484. The molecule has 2 N–H and O–H groups in total. The molecule has 3 nitrogen and oxygen atoms in total. The van der Waals surface area contributed by atoms with Gasteiger partial charge in [0.05, 0.1) is 5.69 Å². The third-order valence-electron chi connectivity index (χ3n) is 3.30. The molecule has 0 fully saturated rings. The highest BCUT2D eigenvalue weighted by atomic mass is 35.5. The molecule has 0 amide bonds. The van der Waals surface area contributed by atoms with E-state index in [9.17, 15) is 0 Å². The maximum Gasteiger partial charge on any atom is 0.153 e. The van der Waals surface area contributed by atoms with Gasteiger partial charge in [0, 0.05) is 13.1 Å². The number of anilines is 2. The first kappa shape index (κ1) is 11.4. The number of pyridine rings is 1. The van der Waals surface area contributed by atoms with E-state index in [1.165, 1.54) is 11.1 Å². The van der Waals surface area contributed by atoms with Crippen molar-refractivity contribution in [2.75, 3.05) is 17.2 Å². The van der Waals surface area contributed by atoms with Crippen LogP contribution in [0.25, 0.3) is 0 Å². The standard InChI is InChI=1S/C14H14ClN3/c15-13-6-5-12(16)14(17-13)18-8-7-10-3-1-2-4-11(10)9-18/h1-6H,7-9,16H2. The van der Waals surface area contributed by atoms with Crippen molar-refractivity contribution in [3.05, 3.63) is 52.7 Å². The van der Waals surface area contributed by atoms with Gasteiger partial charge in [-0.25, -0.2) is 4.98 Å². The van der Waals surface area contributed by atoms with Crippen LogP contribution in [0, 0.1) is 0 Å². The number of nitrogens with zero attached hydrogens (tertiary/aromatic N) is 2. The summed E-state index contributed by atoms with van der Waals surface area (Å²) in [4.78, 5) is 6.52. The van der Waals surface area contributed by atoms with Gasteiger partial charge in [-0.05, 0) is 29.7 Å². The molecule has 1 aliphatic heterocycles. The summed E-state index contributed by atoms with van der Waals surface area (Å²) >= 11 is 5.94. The van der Waals surface area contributed by atoms with Crippen molar-refractivity contribution >= 4 is 23.1 Å². The summed E-state index contributed by atoms with van der Waals surface area (Å²) in [5.74, 6) is 0.789. The van der Waals surface area contributed by atoms with E-state index in [2.05, 4.69) is 34.1 Å². The summed E-state index contributed by atoms with van der Waals surface area (Å²) in [7, 11) is 0. The van der Waals surface area contributed by atoms with E-state index in [1.54, 1.807) is 6.07 Å². The summed E-state index contributed by atoms with van der Waals surface area (Å²) in [5.41, 5.74) is 9.41. The first-order valence-electron chi connectivity index (χ1n) is 5.98. The molecule has 0 spiro atoms. The highest BCUT2D eigenvalue weighted by Crippen LogP contribution is 2.28. The molecule has 0 saturated carbocycles. The minimum absolute atomic E-state index is 0.484. The predicted molar refractivity (Wildman–Crippen MR) is 74.9 cm³/mol. The lowest BCUT2D eigenvalue weighted by Gasteiger charge is -2.30. The number of hydrogen-bond donors (Lipinski definition) is 1. The zero-order valence-electron chi connectivity index (χ0n) is 9.94.